The van der Waals surface area contributed by atoms with Gasteiger partial charge in [0.1, 0.15) is 5.69 Å². The highest BCUT2D eigenvalue weighted by Gasteiger charge is 2.17. The number of anilines is 2. The zero-order chi connectivity index (χ0) is 15.2. The summed E-state index contributed by atoms with van der Waals surface area (Å²) in [7, 11) is 1.29. The Morgan fingerprint density at radius 2 is 1.90 bits per heavy atom. The minimum absolute atomic E-state index is 0.141. The Labute approximate surface area is 120 Å². The van der Waals surface area contributed by atoms with Crippen LogP contribution in [0.5, 0.6) is 0 Å². The van der Waals surface area contributed by atoms with E-state index in [-0.39, 0.29) is 11.3 Å². The second kappa shape index (κ2) is 6.49. The normalized spacial score (nSPS) is 9.95. The molecule has 2 aromatic rings. The van der Waals surface area contributed by atoms with Crippen molar-refractivity contribution < 1.29 is 14.6 Å². The molecule has 0 bridgehead atoms. The van der Waals surface area contributed by atoms with Gasteiger partial charge in [0.2, 0.25) is 0 Å². The van der Waals surface area contributed by atoms with Gasteiger partial charge in [0, 0.05) is 17.3 Å². The molecule has 2 N–H and O–H groups in total. The van der Waals surface area contributed by atoms with Crippen molar-refractivity contribution >= 4 is 23.0 Å². The number of hydroxylamine groups is 1. The molecule has 0 aliphatic carbocycles. The summed E-state index contributed by atoms with van der Waals surface area (Å²) in [5.74, 6) is -0.549. The van der Waals surface area contributed by atoms with Crippen LogP contribution in [0.1, 0.15) is 10.4 Å². The lowest BCUT2D eigenvalue weighted by atomic mass is 10.1. The summed E-state index contributed by atoms with van der Waals surface area (Å²) in [5, 5.41) is 14.1. The Bertz CT molecular complexity index is 659. The average Bonchev–Trinajstić information content (AvgIpc) is 2.48. The van der Waals surface area contributed by atoms with E-state index in [9.17, 15) is 14.9 Å². The minimum Gasteiger partial charge on any atom is -0.350 e. The van der Waals surface area contributed by atoms with Crippen molar-refractivity contribution in [2.24, 2.45) is 0 Å². The van der Waals surface area contributed by atoms with Crippen molar-refractivity contribution in [1.29, 1.82) is 0 Å². The summed E-state index contributed by atoms with van der Waals surface area (Å²) in [6, 6.07) is 13.2. The first-order valence-electron chi connectivity index (χ1n) is 6.05. The Hall–Kier alpha value is -2.93. The summed E-state index contributed by atoms with van der Waals surface area (Å²) in [5.41, 5.74) is 3.09. The summed E-state index contributed by atoms with van der Waals surface area (Å²) in [6.07, 6.45) is 0. The lowest BCUT2D eigenvalue weighted by molar-refractivity contribution is -0.383. The highest BCUT2D eigenvalue weighted by Crippen LogP contribution is 2.28. The molecule has 0 aliphatic heterocycles. The van der Waals surface area contributed by atoms with Gasteiger partial charge in [0.05, 0.1) is 12.0 Å². The molecule has 0 unspecified atom stereocenters. The molecule has 21 heavy (non-hydrogen) atoms. The van der Waals surface area contributed by atoms with Crippen LogP contribution in [-0.2, 0) is 4.84 Å². The molecule has 0 saturated carbocycles. The standard InChI is InChI=1S/C14H13N3O4/c1-21-16-14(18)10-7-8-12(13(9-10)17(19)20)15-11-5-3-2-4-6-11/h2-9,15H,1H3,(H,16,18). The lowest BCUT2D eigenvalue weighted by Gasteiger charge is -2.08. The molecule has 2 aromatic carbocycles. The van der Waals surface area contributed by atoms with Crippen molar-refractivity contribution in [3.8, 4) is 0 Å². The predicted molar refractivity (Wildman–Crippen MR) is 77.3 cm³/mol. The lowest BCUT2D eigenvalue weighted by Crippen LogP contribution is -2.21. The Morgan fingerprint density at radius 1 is 1.19 bits per heavy atom. The number of amides is 1. The number of hydrogen-bond donors (Lipinski definition) is 2. The van der Waals surface area contributed by atoms with E-state index in [0.717, 1.165) is 5.69 Å². The van der Waals surface area contributed by atoms with Crippen LogP contribution in [0, 0.1) is 10.1 Å². The van der Waals surface area contributed by atoms with Gasteiger partial charge in [-0.1, -0.05) is 18.2 Å². The molecule has 7 nitrogen and oxygen atoms in total. The van der Waals surface area contributed by atoms with Crippen molar-refractivity contribution in [2.45, 2.75) is 0 Å². The van der Waals surface area contributed by atoms with E-state index in [1.165, 1.54) is 25.3 Å². The average molecular weight is 287 g/mol. The first-order chi connectivity index (χ1) is 10.1. The van der Waals surface area contributed by atoms with E-state index in [1.807, 2.05) is 18.2 Å². The van der Waals surface area contributed by atoms with Crippen LogP contribution in [0.15, 0.2) is 48.5 Å². The molecule has 0 atom stereocenters. The third kappa shape index (κ3) is 3.54. The summed E-state index contributed by atoms with van der Waals surface area (Å²) in [4.78, 5) is 26.7. The smallest absolute Gasteiger partial charge is 0.293 e. The number of nitro groups is 1. The van der Waals surface area contributed by atoms with Crippen molar-refractivity contribution in [1.82, 2.24) is 5.48 Å². The first-order valence-corrected chi connectivity index (χ1v) is 6.05. The maximum absolute atomic E-state index is 11.6. The molecule has 7 heteroatoms. The van der Waals surface area contributed by atoms with Gasteiger partial charge in [-0.2, -0.15) is 0 Å². The number of carbonyl (C=O) groups is 1. The molecule has 0 aliphatic rings. The Morgan fingerprint density at radius 3 is 2.52 bits per heavy atom. The fourth-order valence-corrected chi connectivity index (χ4v) is 1.76. The maximum atomic E-state index is 11.6. The number of carbonyl (C=O) groups excluding carboxylic acids is 1. The van der Waals surface area contributed by atoms with Crippen LogP contribution in [0.3, 0.4) is 0 Å². The van der Waals surface area contributed by atoms with Gasteiger partial charge in [0.25, 0.3) is 11.6 Å². The molecule has 0 spiro atoms. The quantitative estimate of drug-likeness (QED) is 0.651. The van der Waals surface area contributed by atoms with Crippen LogP contribution in [0.25, 0.3) is 0 Å². The number of benzene rings is 2. The number of hydrogen-bond acceptors (Lipinski definition) is 5. The monoisotopic (exact) mass is 287 g/mol. The molecule has 0 radical (unpaired) electrons. The zero-order valence-corrected chi connectivity index (χ0v) is 11.2. The third-order valence-electron chi connectivity index (χ3n) is 2.70. The fourth-order valence-electron chi connectivity index (χ4n) is 1.76. The second-order valence-corrected chi connectivity index (χ2v) is 4.12. The van der Waals surface area contributed by atoms with Gasteiger partial charge in [-0.25, -0.2) is 5.48 Å². The van der Waals surface area contributed by atoms with Gasteiger partial charge in [-0.3, -0.25) is 19.7 Å². The number of para-hydroxylation sites is 1. The molecule has 0 saturated heterocycles. The second-order valence-electron chi connectivity index (χ2n) is 4.12. The van der Waals surface area contributed by atoms with E-state index in [1.54, 1.807) is 12.1 Å². The SMILES string of the molecule is CONC(=O)c1ccc(Nc2ccccc2)c([N+](=O)[O-])c1. The maximum Gasteiger partial charge on any atom is 0.293 e. The molecule has 108 valence electrons. The van der Waals surface area contributed by atoms with E-state index in [0.29, 0.717) is 5.69 Å². The topological polar surface area (TPSA) is 93.5 Å². The van der Waals surface area contributed by atoms with Gasteiger partial charge in [-0.15, -0.1) is 0 Å². The van der Waals surface area contributed by atoms with E-state index < -0.39 is 10.8 Å². The molecule has 0 heterocycles. The summed E-state index contributed by atoms with van der Waals surface area (Å²) >= 11 is 0. The van der Waals surface area contributed by atoms with Crippen molar-refractivity contribution in [3.63, 3.8) is 0 Å². The largest absolute Gasteiger partial charge is 0.350 e. The van der Waals surface area contributed by atoms with Gasteiger partial charge in [-0.05, 0) is 24.3 Å². The molecular weight excluding hydrogens is 274 g/mol. The Kier molecular flexibility index (Phi) is 4.47. The molecule has 2 rings (SSSR count). The van der Waals surface area contributed by atoms with E-state index in [4.69, 9.17) is 0 Å². The van der Waals surface area contributed by atoms with Crippen LogP contribution < -0.4 is 10.8 Å². The molecule has 0 fully saturated rings. The van der Waals surface area contributed by atoms with E-state index in [2.05, 4.69) is 15.6 Å². The van der Waals surface area contributed by atoms with E-state index >= 15 is 0 Å². The summed E-state index contributed by atoms with van der Waals surface area (Å²) in [6.45, 7) is 0. The molecule has 0 aromatic heterocycles. The van der Waals surface area contributed by atoms with Gasteiger partial charge in [0.15, 0.2) is 0 Å². The highest BCUT2D eigenvalue weighted by atomic mass is 16.6. The number of nitrogens with zero attached hydrogens (tertiary/aromatic N) is 1. The number of rotatable bonds is 5. The van der Waals surface area contributed by atoms with Gasteiger partial charge < -0.3 is 5.32 Å². The van der Waals surface area contributed by atoms with Crippen LogP contribution in [0.4, 0.5) is 17.1 Å². The minimum atomic E-state index is -0.549. The number of nitro benzene ring substituents is 1. The van der Waals surface area contributed by atoms with Crippen LogP contribution in [-0.4, -0.2) is 17.9 Å². The Balaban J connectivity index is 2.34. The third-order valence-corrected chi connectivity index (χ3v) is 2.70. The van der Waals surface area contributed by atoms with Crippen LogP contribution in [0.2, 0.25) is 0 Å². The van der Waals surface area contributed by atoms with Crippen molar-refractivity contribution in [3.05, 3.63) is 64.2 Å². The highest BCUT2D eigenvalue weighted by molar-refractivity contribution is 5.95. The molecule has 1 amide bonds. The zero-order valence-electron chi connectivity index (χ0n) is 11.2. The van der Waals surface area contributed by atoms with Gasteiger partial charge >= 0.3 is 0 Å². The first kappa shape index (κ1) is 14.5. The predicted octanol–water partition coefficient (Wildman–Crippen LogP) is 2.63. The summed E-state index contributed by atoms with van der Waals surface area (Å²) < 4.78 is 0. The fraction of sp³-hybridized carbons (Fsp3) is 0.0714. The van der Waals surface area contributed by atoms with Crippen molar-refractivity contribution in [2.75, 3.05) is 12.4 Å². The number of nitrogens with one attached hydrogen (secondary N) is 2. The molecular formula is C14H13N3O4. The van der Waals surface area contributed by atoms with Crippen LogP contribution >= 0.6 is 0 Å².